The first kappa shape index (κ1) is 16.6. The highest BCUT2D eigenvalue weighted by Gasteiger charge is 2.27. The number of fused-ring (bicyclic) bond motifs is 1. The molecule has 1 aliphatic rings. The predicted octanol–water partition coefficient (Wildman–Crippen LogP) is 2.91. The number of rotatable bonds is 5. The van der Waals surface area contributed by atoms with Crippen LogP contribution < -0.4 is 10.4 Å². The molecule has 2 heterocycles. The van der Waals surface area contributed by atoms with Gasteiger partial charge in [-0.25, -0.2) is 4.79 Å². The second-order valence-electron chi connectivity index (χ2n) is 6.63. The zero-order valence-corrected chi connectivity index (χ0v) is 14.4. The minimum Gasteiger partial charge on any atom is -0.492 e. The lowest BCUT2D eigenvalue weighted by Crippen LogP contribution is -2.20. The van der Waals surface area contributed by atoms with Crippen molar-refractivity contribution in [2.75, 3.05) is 20.2 Å². The number of ether oxygens (including phenoxy) is 1. The quantitative estimate of drug-likeness (QED) is 0.792. The van der Waals surface area contributed by atoms with Crippen molar-refractivity contribution in [1.29, 1.82) is 0 Å². The van der Waals surface area contributed by atoms with Crippen LogP contribution in [0, 0.1) is 12.8 Å². The van der Waals surface area contributed by atoms with Crippen LogP contribution in [0.1, 0.15) is 30.9 Å². The summed E-state index contributed by atoms with van der Waals surface area (Å²) in [5.74, 6) is 1.10. The molecule has 5 heteroatoms. The maximum absolute atomic E-state index is 11.8. The Bertz CT molecular complexity index is 824. The molecule has 1 unspecified atom stereocenters. The standard InChI is InChI=1S/C19H23NO4/c1-4-5-14-9-18(22)24-16-7-12(2)6-15(19(14)16)23-11-13-8-17(21)20(3)10-13/h6-7,9,13H,4-5,8,10-11H2,1-3H3. The number of carbonyl (C=O) groups excluding carboxylic acids is 1. The second-order valence-corrected chi connectivity index (χ2v) is 6.63. The van der Waals surface area contributed by atoms with Crippen LogP contribution in [-0.4, -0.2) is 31.0 Å². The van der Waals surface area contributed by atoms with Crippen LogP contribution in [0.25, 0.3) is 11.0 Å². The monoisotopic (exact) mass is 329 g/mol. The molecule has 0 aliphatic carbocycles. The summed E-state index contributed by atoms with van der Waals surface area (Å²) >= 11 is 0. The van der Waals surface area contributed by atoms with Gasteiger partial charge >= 0.3 is 5.63 Å². The first-order chi connectivity index (χ1) is 11.5. The molecule has 1 saturated heterocycles. The highest BCUT2D eigenvalue weighted by atomic mass is 16.5. The molecule has 0 bridgehead atoms. The van der Waals surface area contributed by atoms with Gasteiger partial charge < -0.3 is 14.1 Å². The van der Waals surface area contributed by atoms with Crippen molar-refractivity contribution in [2.45, 2.75) is 33.1 Å². The van der Waals surface area contributed by atoms with Crippen molar-refractivity contribution in [1.82, 2.24) is 4.90 Å². The molecule has 1 atom stereocenters. The summed E-state index contributed by atoms with van der Waals surface area (Å²) in [5.41, 5.74) is 2.18. The Morgan fingerprint density at radius 3 is 2.75 bits per heavy atom. The Morgan fingerprint density at radius 1 is 1.29 bits per heavy atom. The number of carbonyl (C=O) groups is 1. The Hall–Kier alpha value is -2.30. The summed E-state index contributed by atoms with van der Waals surface area (Å²) in [5, 5.41) is 0.875. The van der Waals surface area contributed by atoms with Gasteiger partial charge in [0.15, 0.2) is 0 Å². The van der Waals surface area contributed by atoms with Gasteiger partial charge in [-0.2, -0.15) is 0 Å². The zero-order chi connectivity index (χ0) is 17.3. The molecule has 5 nitrogen and oxygen atoms in total. The number of benzene rings is 1. The van der Waals surface area contributed by atoms with Crippen molar-refractivity contribution in [3.63, 3.8) is 0 Å². The van der Waals surface area contributed by atoms with E-state index in [-0.39, 0.29) is 17.5 Å². The van der Waals surface area contributed by atoms with Crippen molar-refractivity contribution < 1.29 is 13.9 Å². The number of hydrogen-bond donors (Lipinski definition) is 0. The summed E-state index contributed by atoms with van der Waals surface area (Å²) in [7, 11) is 1.82. The Morgan fingerprint density at radius 2 is 2.08 bits per heavy atom. The average molecular weight is 329 g/mol. The molecule has 0 saturated carbocycles. The first-order valence-corrected chi connectivity index (χ1v) is 8.42. The molecule has 2 aromatic rings. The number of nitrogens with zero attached hydrogens (tertiary/aromatic N) is 1. The van der Waals surface area contributed by atoms with Crippen molar-refractivity contribution in [3.8, 4) is 5.75 Å². The van der Waals surface area contributed by atoms with Gasteiger partial charge in [-0.15, -0.1) is 0 Å². The van der Waals surface area contributed by atoms with Crippen molar-refractivity contribution in [3.05, 3.63) is 39.7 Å². The highest BCUT2D eigenvalue weighted by molar-refractivity contribution is 5.87. The SMILES string of the molecule is CCCc1cc(=O)oc2cc(C)cc(OCC3CC(=O)N(C)C3)c12. The van der Waals surface area contributed by atoms with E-state index in [4.69, 9.17) is 9.15 Å². The van der Waals surface area contributed by atoms with Gasteiger partial charge in [-0.1, -0.05) is 13.3 Å². The number of hydrogen-bond acceptors (Lipinski definition) is 4. The van der Waals surface area contributed by atoms with E-state index in [1.54, 1.807) is 11.0 Å². The van der Waals surface area contributed by atoms with E-state index in [0.29, 0.717) is 18.6 Å². The van der Waals surface area contributed by atoms with Crippen LogP contribution in [0.5, 0.6) is 5.75 Å². The summed E-state index contributed by atoms with van der Waals surface area (Å²) < 4.78 is 11.4. The highest BCUT2D eigenvalue weighted by Crippen LogP contribution is 2.31. The van der Waals surface area contributed by atoms with Gasteiger partial charge in [0.25, 0.3) is 0 Å². The topological polar surface area (TPSA) is 59.8 Å². The average Bonchev–Trinajstić information content (AvgIpc) is 2.83. The molecular formula is C19H23NO4. The zero-order valence-electron chi connectivity index (χ0n) is 14.4. The molecule has 128 valence electrons. The fourth-order valence-electron chi connectivity index (χ4n) is 3.33. The van der Waals surface area contributed by atoms with E-state index in [1.807, 2.05) is 26.1 Å². The molecule has 1 aliphatic heterocycles. The van der Waals surface area contributed by atoms with Gasteiger partial charge in [0.05, 0.1) is 12.0 Å². The predicted molar refractivity (Wildman–Crippen MR) is 92.5 cm³/mol. The van der Waals surface area contributed by atoms with Crippen LogP contribution in [-0.2, 0) is 11.2 Å². The summed E-state index contributed by atoms with van der Waals surface area (Å²) in [6.45, 7) is 5.24. The molecule has 1 fully saturated rings. The molecular weight excluding hydrogens is 306 g/mol. The molecule has 0 N–H and O–H groups in total. The third-order valence-electron chi connectivity index (χ3n) is 4.45. The Labute approximate surface area is 141 Å². The van der Waals surface area contributed by atoms with E-state index in [1.165, 1.54) is 0 Å². The van der Waals surface area contributed by atoms with Gasteiger partial charge in [0.1, 0.15) is 11.3 Å². The molecule has 1 aromatic heterocycles. The summed E-state index contributed by atoms with van der Waals surface area (Å²) in [6.07, 6.45) is 2.26. The maximum Gasteiger partial charge on any atom is 0.336 e. The molecule has 0 spiro atoms. The maximum atomic E-state index is 11.8. The number of likely N-dealkylation sites (tertiary alicyclic amines) is 1. The van der Waals surface area contributed by atoms with Crippen LogP contribution in [0.3, 0.4) is 0 Å². The van der Waals surface area contributed by atoms with E-state index in [9.17, 15) is 9.59 Å². The Balaban J connectivity index is 1.94. The normalized spacial score (nSPS) is 17.7. The van der Waals surface area contributed by atoms with Crippen LogP contribution in [0.4, 0.5) is 0 Å². The third kappa shape index (κ3) is 3.30. The third-order valence-corrected chi connectivity index (χ3v) is 4.45. The molecule has 1 amide bonds. The largest absolute Gasteiger partial charge is 0.492 e. The van der Waals surface area contributed by atoms with Gasteiger partial charge in [-0.05, 0) is 36.6 Å². The lowest BCUT2D eigenvalue weighted by molar-refractivity contribution is -0.126. The van der Waals surface area contributed by atoms with E-state index in [2.05, 4.69) is 6.92 Å². The minimum absolute atomic E-state index is 0.162. The summed E-state index contributed by atoms with van der Waals surface area (Å²) in [6, 6.07) is 5.40. The lowest BCUT2D eigenvalue weighted by Gasteiger charge is -2.15. The molecule has 3 rings (SSSR count). The van der Waals surface area contributed by atoms with E-state index in [0.717, 1.165) is 41.6 Å². The van der Waals surface area contributed by atoms with Gasteiger partial charge in [-0.3, -0.25) is 4.79 Å². The fourth-order valence-corrected chi connectivity index (χ4v) is 3.33. The number of aryl methyl sites for hydroxylation is 2. The minimum atomic E-state index is -0.328. The van der Waals surface area contributed by atoms with E-state index < -0.39 is 0 Å². The lowest BCUT2D eigenvalue weighted by atomic mass is 10.0. The summed E-state index contributed by atoms with van der Waals surface area (Å²) in [4.78, 5) is 25.2. The fraction of sp³-hybridized carbons (Fsp3) is 0.474. The van der Waals surface area contributed by atoms with Crippen LogP contribution in [0.15, 0.2) is 27.4 Å². The van der Waals surface area contributed by atoms with E-state index >= 15 is 0 Å². The molecule has 24 heavy (non-hydrogen) atoms. The number of amides is 1. The van der Waals surface area contributed by atoms with Crippen molar-refractivity contribution in [2.24, 2.45) is 5.92 Å². The van der Waals surface area contributed by atoms with Crippen LogP contribution >= 0.6 is 0 Å². The second kappa shape index (κ2) is 6.67. The van der Waals surface area contributed by atoms with Crippen LogP contribution in [0.2, 0.25) is 0 Å². The molecule has 1 aromatic carbocycles. The van der Waals surface area contributed by atoms with Gasteiger partial charge in [0.2, 0.25) is 5.91 Å². The first-order valence-electron chi connectivity index (χ1n) is 8.42. The van der Waals surface area contributed by atoms with Gasteiger partial charge in [0, 0.05) is 32.0 Å². The van der Waals surface area contributed by atoms with Crippen molar-refractivity contribution >= 4 is 16.9 Å². The Kier molecular flexibility index (Phi) is 4.60. The molecule has 0 radical (unpaired) electrons. The smallest absolute Gasteiger partial charge is 0.336 e.